The van der Waals surface area contributed by atoms with Gasteiger partial charge in [0.2, 0.25) is 5.91 Å². The van der Waals surface area contributed by atoms with Gasteiger partial charge in [-0.25, -0.2) is 9.18 Å². The number of aliphatic carboxylic acids is 1. The normalized spacial score (nSPS) is 11.8. The molecule has 2 aromatic carbocycles. The van der Waals surface area contributed by atoms with Gasteiger partial charge in [-0.2, -0.15) is 5.10 Å². The molecule has 3 rings (SSSR count). The Morgan fingerprint density at radius 1 is 1.14 bits per heavy atom. The number of halogens is 1. The van der Waals surface area contributed by atoms with Crippen LogP contribution in [0.2, 0.25) is 0 Å². The smallest absolute Gasteiger partial charge is 0.326 e. The van der Waals surface area contributed by atoms with Crippen molar-refractivity contribution in [2.45, 2.75) is 25.8 Å². The molecular weight excluding hydrogens is 361 g/mol. The van der Waals surface area contributed by atoms with Crippen LogP contribution in [0.3, 0.4) is 0 Å². The molecule has 144 valence electrons. The van der Waals surface area contributed by atoms with Crippen LogP contribution in [-0.4, -0.2) is 33.2 Å². The van der Waals surface area contributed by atoms with E-state index in [4.69, 9.17) is 0 Å². The number of H-pyrrole nitrogens is 1. The van der Waals surface area contributed by atoms with Gasteiger partial charge in [-0.15, -0.1) is 0 Å². The molecule has 0 aliphatic carbocycles. The highest BCUT2D eigenvalue weighted by Crippen LogP contribution is 2.24. The Balaban J connectivity index is 1.74. The zero-order valence-corrected chi connectivity index (χ0v) is 15.3. The highest BCUT2D eigenvalue weighted by molar-refractivity contribution is 5.86. The van der Waals surface area contributed by atoms with Crippen molar-refractivity contribution < 1.29 is 19.1 Å². The van der Waals surface area contributed by atoms with E-state index in [2.05, 4.69) is 15.5 Å². The molecule has 0 saturated carbocycles. The van der Waals surface area contributed by atoms with Gasteiger partial charge in [-0.05, 0) is 36.8 Å². The summed E-state index contributed by atoms with van der Waals surface area (Å²) in [5, 5.41) is 19.1. The van der Waals surface area contributed by atoms with E-state index in [0.717, 1.165) is 5.56 Å². The predicted molar refractivity (Wildman–Crippen MR) is 102 cm³/mol. The number of carbonyl (C=O) groups excluding carboxylic acids is 1. The molecule has 7 heteroatoms. The number of hydrogen-bond donors (Lipinski definition) is 3. The van der Waals surface area contributed by atoms with E-state index in [1.165, 1.54) is 12.1 Å². The maximum absolute atomic E-state index is 13.2. The van der Waals surface area contributed by atoms with Crippen molar-refractivity contribution in [3.63, 3.8) is 0 Å². The van der Waals surface area contributed by atoms with Crippen LogP contribution in [0.5, 0.6) is 0 Å². The number of rotatable bonds is 7. The maximum Gasteiger partial charge on any atom is 0.326 e. The number of nitrogens with zero attached hydrogens (tertiary/aromatic N) is 1. The fraction of sp³-hybridized carbons (Fsp3) is 0.190. The van der Waals surface area contributed by atoms with E-state index in [9.17, 15) is 19.1 Å². The van der Waals surface area contributed by atoms with Crippen LogP contribution in [0.1, 0.15) is 16.8 Å². The number of aromatic nitrogens is 2. The monoisotopic (exact) mass is 381 g/mol. The molecule has 0 aliphatic rings. The van der Waals surface area contributed by atoms with Gasteiger partial charge in [-0.3, -0.25) is 9.89 Å². The number of aromatic amines is 1. The van der Waals surface area contributed by atoms with Crippen LogP contribution in [0.15, 0.2) is 54.6 Å². The molecule has 1 atom stereocenters. The van der Waals surface area contributed by atoms with Crippen LogP contribution in [0.25, 0.3) is 11.3 Å². The van der Waals surface area contributed by atoms with E-state index < -0.39 is 17.9 Å². The molecule has 1 amide bonds. The minimum absolute atomic E-state index is 0.0341. The molecule has 3 aromatic rings. The van der Waals surface area contributed by atoms with Gasteiger partial charge in [0.25, 0.3) is 0 Å². The first-order chi connectivity index (χ1) is 13.4. The van der Waals surface area contributed by atoms with Crippen LogP contribution in [0.4, 0.5) is 4.39 Å². The summed E-state index contributed by atoms with van der Waals surface area (Å²) in [6.07, 6.45) is 0.157. The second kappa shape index (κ2) is 8.47. The first-order valence-corrected chi connectivity index (χ1v) is 8.80. The van der Waals surface area contributed by atoms with Crippen molar-refractivity contribution in [1.82, 2.24) is 15.5 Å². The molecule has 6 nitrogen and oxygen atoms in total. The van der Waals surface area contributed by atoms with Crippen molar-refractivity contribution in [2.24, 2.45) is 0 Å². The molecule has 1 aromatic heterocycles. The fourth-order valence-corrected chi connectivity index (χ4v) is 2.97. The molecule has 1 heterocycles. The van der Waals surface area contributed by atoms with Crippen molar-refractivity contribution in [3.05, 3.63) is 77.2 Å². The van der Waals surface area contributed by atoms with Crippen molar-refractivity contribution in [2.75, 3.05) is 0 Å². The summed E-state index contributed by atoms with van der Waals surface area (Å²) in [7, 11) is 0. The number of carboxylic acid groups (broad SMARTS) is 1. The summed E-state index contributed by atoms with van der Waals surface area (Å²) >= 11 is 0. The lowest BCUT2D eigenvalue weighted by Crippen LogP contribution is -2.43. The summed E-state index contributed by atoms with van der Waals surface area (Å²) in [4.78, 5) is 24.1. The molecular formula is C21H20FN3O3. The molecule has 0 unspecified atom stereocenters. The lowest BCUT2D eigenvalue weighted by atomic mass is 10.0. The third-order valence-corrected chi connectivity index (χ3v) is 4.44. The number of carbonyl (C=O) groups is 2. The Morgan fingerprint density at radius 3 is 2.46 bits per heavy atom. The lowest BCUT2D eigenvalue weighted by molar-refractivity contribution is -0.141. The van der Waals surface area contributed by atoms with Gasteiger partial charge in [0, 0.05) is 23.2 Å². The highest BCUT2D eigenvalue weighted by Gasteiger charge is 2.22. The van der Waals surface area contributed by atoms with E-state index in [1.807, 2.05) is 30.3 Å². The number of hydrogen-bond acceptors (Lipinski definition) is 3. The number of aryl methyl sites for hydroxylation is 1. The third-order valence-electron chi connectivity index (χ3n) is 4.44. The first kappa shape index (κ1) is 19.3. The summed E-state index contributed by atoms with van der Waals surface area (Å²) in [5.74, 6) is -1.88. The largest absolute Gasteiger partial charge is 0.480 e. The van der Waals surface area contributed by atoms with Gasteiger partial charge in [-0.1, -0.05) is 30.3 Å². The Kier molecular flexibility index (Phi) is 5.84. The second-order valence-corrected chi connectivity index (χ2v) is 6.51. The Morgan fingerprint density at radius 2 is 1.82 bits per heavy atom. The van der Waals surface area contributed by atoms with E-state index >= 15 is 0 Å². The zero-order valence-electron chi connectivity index (χ0n) is 15.3. The number of nitrogens with one attached hydrogen (secondary N) is 2. The van der Waals surface area contributed by atoms with Crippen molar-refractivity contribution in [3.8, 4) is 11.3 Å². The average Bonchev–Trinajstić information content (AvgIpc) is 3.03. The average molecular weight is 381 g/mol. The van der Waals surface area contributed by atoms with Crippen LogP contribution >= 0.6 is 0 Å². The third kappa shape index (κ3) is 4.62. The molecule has 0 spiro atoms. The highest BCUT2D eigenvalue weighted by atomic mass is 19.1. The molecule has 3 N–H and O–H groups in total. The summed E-state index contributed by atoms with van der Waals surface area (Å²) in [6.45, 7) is 1.78. The second-order valence-electron chi connectivity index (χ2n) is 6.51. The van der Waals surface area contributed by atoms with Crippen LogP contribution < -0.4 is 5.32 Å². The number of amides is 1. The van der Waals surface area contributed by atoms with Crippen molar-refractivity contribution >= 4 is 11.9 Å². The quantitative estimate of drug-likeness (QED) is 0.586. The SMILES string of the molecule is Cc1[nH]nc(-c2ccc(F)cc2)c1CC(=O)N[C@H](Cc1ccccc1)C(=O)O. The molecule has 0 aliphatic heterocycles. The fourth-order valence-electron chi connectivity index (χ4n) is 2.97. The molecule has 28 heavy (non-hydrogen) atoms. The minimum Gasteiger partial charge on any atom is -0.480 e. The summed E-state index contributed by atoms with van der Waals surface area (Å²) in [6, 6.07) is 13.9. The van der Waals surface area contributed by atoms with E-state index in [1.54, 1.807) is 19.1 Å². The molecule has 0 fully saturated rings. The molecule has 0 bridgehead atoms. The predicted octanol–water partition coefficient (Wildman–Crippen LogP) is 2.88. The lowest BCUT2D eigenvalue weighted by Gasteiger charge is -2.15. The van der Waals surface area contributed by atoms with Gasteiger partial charge < -0.3 is 10.4 Å². The Bertz CT molecular complexity index is 968. The van der Waals surface area contributed by atoms with Crippen molar-refractivity contribution in [1.29, 1.82) is 0 Å². The molecule has 0 radical (unpaired) electrons. The summed E-state index contributed by atoms with van der Waals surface area (Å²) in [5.41, 5.74) is 3.38. The Labute approximate surface area is 161 Å². The zero-order chi connectivity index (χ0) is 20.1. The minimum atomic E-state index is -1.10. The van der Waals surface area contributed by atoms with Crippen LogP contribution in [0, 0.1) is 12.7 Å². The van der Waals surface area contributed by atoms with Gasteiger partial charge in [0.15, 0.2) is 0 Å². The number of carboxylic acids is 1. The Hall–Kier alpha value is -3.48. The van der Waals surface area contributed by atoms with Crippen LogP contribution in [-0.2, 0) is 22.4 Å². The van der Waals surface area contributed by atoms with Gasteiger partial charge in [0.1, 0.15) is 11.9 Å². The topological polar surface area (TPSA) is 95.1 Å². The molecule has 0 saturated heterocycles. The maximum atomic E-state index is 13.2. The summed E-state index contributed by atoms with van der Waals surface area (Å²) < 4.78 is 13.2. The van der Waals surface area contributed by atoms with E-state index in [0.29, 0.717) is 22.5 Å². The number of benzene rings is 2. The first-order valence-electron chi connectivity index (χ1n) is 8.80. The van der Waals surface area contributed by atoms with Gasteiger partial charge in [0.05, 0.1) is 12.1 Å². The standard InChI is InChI=1S/C21H20FN3O3/c1-13-17(20(25-24-13)15-7-9-16(22)10-8-15)12-19(26)23-18(21(27)28)11-14-5-3-2-4-6-14/h2-10,18H,11-12H2,1H3,(H,23,26)(H,24,25)(H,27,28)/t18-/m1/s1. The van der Waals surface area contributed by atoms with Gasteiger partial charge >= 0.3 is 5.97 Å². The van der Waals surface area contributed by atoms with E-state index in [-0.39, 0.29) is 18.7 Å².